The Labute approximate surface area is 131 Å². The number of halogens is 2. The first kappa shape index (κ1) is 15.3. The summed E-state index contributed by atoms with van der Waals surface area (Å²) in [5.74, 6) is -0.286. The van der Waals surface area contributed by atoms with Gasteiger partial charge in [0.1, 0.15) is 5.54 Å². The average molecular weight is 360 g/mol. The molecule has 0 N–H and O–H groups in total. The van der Waals surface area contributed by atoms with E-state index in [9.17, 15) is 9.59 Å². The minimum Gasteiger partial charge on any atom is -0.342 e. The summed E-state index contributed by atoms with van der Waals surface area (Å²) >= 11 is 9.44. The van der Waals surface area contributed by atoms with Crippen molar-refractivity contribution in [1.29, 1.82) is 0 Å². The molecule has 4 nitrogen and oxygen atoms in total. The summed E-state index contributed by atoms with van der Waals surface area (Å²) in [6.45, 7) is 4.54. The van der Waals surface area contributed by atoms with Crippen LogP contribution in [0.2, 0.25) is 5.02 Å². The summed E-state index contributed by atoms with van der Waals surface area (Å²) < 4.78 is 0.781. The van der Waals surface area contributed by atoms with Gasteiger partial charge in [0.25, 0.3) is 5.91 Å². The van der Waals surface area contributed by atoms with Gasteiger partial charge in [0.2, 0.25) is 5.91 Å². The lowest BCUT2D eigenvalue weighted by Crippen LogP contribution is -2.63. The van der Waals surface area contributed by atoms with Gasteiger partial charge >= 0.3 is 0 Å². The maximum atomic E-state index is 12.7. The number of amides is 2. The molecule has 0 spiro atoms. The van der Waals surface area contributed by atoms with Crippen molar-refractivity contribution in [3.05, 3.63) is 33.3 Å². The molecule has 2 rings (SSSR count). The second-order valence-corrected chi connectivity index (χ2v) is 6.69. The fourth-order valence-corrected chi connectivity index (χ4v) is 2.94. The van der Waals surface area contributed by atoms with E-state index in [-0.39, 0.29) is 11.8 Å². The predicted molar refractivity (Wildman–Crippen MR) is 81.9 cm³/mol. The smallest absolute Gasteiger partial charge is 0.256 e. The van der Waals surface area contributed by atoms with E-state index in [0.717, 1.165) is 4.47 Å². The van der Waals surface area contributed by atoms with Crippen molar-refractivity contribution in [3.63, 3.8) is 0 Å². The quantitative estimate of drug-likeness (QED) is 0.773. The van der Waals surface area contributed by atoms with E-state index in [4.69, 9.17) is 11.6 Å². The zero-order valence-corrected chi connectivity index (χ0v) is 14.0. The third-order valence-electron chi connectivity index (χ3n) is 3.61. The van der Waals surface area contributed by atoms with Gasteiger partial charge in [-0.15, -0.1) is 0 Å². The van der Waals surface area contributed by atoms with Crippen molar-refractivity contribution >= 4 is 39.3 Å². The minimum absolute atomic E-state index is 0.0665. The average Bonchev–Trinajstić information content (AvgIpc) is 2.38. The summed E-state index contributed by atoms with van der Waals surface area (Å²) in [5.41, 5.74) is -0.457. The molecule has 0 radical (unpaired) electrons. The van der Waals surface area contributed by atoms with E-state index >= 15 is 0 Å². The third-order valence-corrected chi connectivity index (χ3v) is 4.43. The molecule has 1 saturated heterocycles. The number of likely N-dealkylation sites (N-methyl/N-ethyl adjacent to an activating group) is 1. The van der Waals surface area contributed by atoms with Crippen LogP contribution in [0.4, 0.5) is 0 Å². The zero-order chi connectivity index (χ0) is 15.1. The van der Waals surface area contributed by atoms with Gasteiger partial charge in [-0.05, 0) is 32.0 Å². The Kier molecular flexibility index (Phi) is 4.12. The number of piperazine rings is 1. The summed E-state index contributed by atoms with van der Waals surface area (Å²) in [4.78, 5) is 28.2. The van der Waals surface area contributed by atoms with Crippen LogP contribution in [0, 0.1) is 0 Å². The Balaban J connectivity index is 2.38. The molecule has 0 aromatic heterocycles. The Morgan fingerprint density at radius 3 is 2.65 bits per heavy atom. The molecule has 108 valence electrons. The predicted octanol–water partition coefficient (Wildman–Crippen LogP) is 2.80. The fraction of sp³-hybridized carbons (Fsp3) is 0.429. The van der Waals surface area contributed by atoms with E-state index in [1.165, 1.54) is 0 Å². The van der Waals surface area contributed by atoms with Gasteiger partial charge < -0.3 is 9.80 Å². The number of benzene rings is 1. The van der Waals surface area contributed by atoms with E-state index in [0.29, 0.717) is 23.7 Å². The number of hydrogen-bond acceptors (Lipinski definition) is 2. The number of nitrogens with zero attached hydrogens (tertiary/aromatic N) is 2. The molecule has 0 saturated carbocycles. The molecule has 0 bridgehead atoms. The number of rotatable bonds is 1. The molecule has 0 aliphatic carbocycles. The summed E-state index contributed by atoms with van der Waals surface area (Å²) in [7, 11) is 1.75. The molecule has 20 heavy (non-hydrogen) atoms. The lowest BCUT2D eigenvalue weighted by Gasteiger charge is -2.44. The molecular weight excluding hydrogens is 344 g/mol. The van der Waals surface area contributed by atoms with Gasteiger partial charge in [0.05, 0.1) is 10.6 Å². The first-order chi connectivity index (χ1) is 9.25. The SMILES string of the molecule is CN1CCN(C(=O)c2cc(Br)ccc2Cl)C(C)(C)C1=O. The Morgan fingerprint density at radius 1 is 1.35 bits per heavy atom. The second-order valence-electron chi connectivity index (χ2n) is 5.37. The Bertz CT molecular complexity index is 574. The molecular formula is C14H16BrClN2O2. The van der Waals surface area contributed by atoms with Gasteiger partial charge in [0.15, 0.2) is 0 Å². The van der Waals surface area contributed by atoms with Gasteiger partial charge in [0, 0.05) is 24.6 Å². The van der Waals surface area contributed by atoms with E-state index < -0.39 is 5.54 Å². The molecule has 0 unspecified atom stereocenters. The van der Waals surface area contributed by atoms with Crippen molar-refractivity contribution in [2.75, 3.05) is 20.1 Å². The molecule has 1 heterocycles. The zero-order valence-electron chi connectivity index (χ0n) is 11.6. The number of carbonyl (C=O) groups is 2. The van der Waals surface area contributed by atoms with Crippen LogP contribution in [0.5, 0.6) is 0 Å². The van der Waals surface area contributed by atoms with Crippen molar-refractivity contribution < 1.29 is 9.59 Å². The highest BCUT2D eigenvalue weighted by Crippen LogP contribution is 2.28. The molecule has 2 amide bonds. The minimum atomic E-state index is -0.865. The monoisotopic (exact) mass is 358 g/mol. The van der Waals surface area contributed by atoms with Crippen LogP contribution in [0.3, 0.4) is 0 Å². The largest absolute Gasteiger partial charge is 0.342 e. The van der Waals surface area contributed by atoms with Gasteiger partial charge in [-0.1, -0.05) is 27.5 Å². The third kappa shape index (κ3) is 2.56. The maximum absolute atomic E-state index is 12.7. The van der Waals surface area contributed by atoms with Crippen LogP contribution in [0.25, 0.3) is 0 Å². The fourth-order valence-electron chi connectivity index (χ4n) is 2.38. The molecule has 1 fully saturated rings. The van der Waals surface area contributed by atoms with Crippen LogP contribution < -0.4 is 0 Å². The van der Waals surface area contributed by atoms with Gasteiger partial charge in [-0.3, -0.25) is 9.59 Å². The number of hydrogen-bond donors (Lipinski definition) is 0. The highest BCUT2D eigenvalue weighted by molar-refractivity contribution is 9.10. The highest BCUT2D eigenvalue weighted by atomic mass is 79.9. The van der Waals surface area contributed by atoms with E-state index in [1.54, 1.807) is 48.9 Å². The van der Waals surface area contributed by atoms with Crippen LogP contribution in [0.15, 0.2) is 22.7 Å². The molecule has 1 aliphatic heterocycles. The van der Waals surface area contributed by atoms with Crippen LogP contribution >= 0.6 is 27.5 Å². The topological polar surface area (TPSA) is 40.6 Å². The van der Waals surface area contributed by atoms with Gasteiger partial charge in [-0.25, -0.2) is 0 Å². The molecule has 0 atom stereocenters. The van der Waals surface area contributed by atoms with Gasteiger partial charge in [-0.2, -0.15) is 0 Å². The van der Waals surface area contributed by atoms with Crippen LogP contribution in [-0.2, 0) is 4.79 Å². The van der Waals surface area contributed by atoms with E-state index in [1.807, 2.05) is 0 Å². The van der Waals surface area contributed by atoms with Crippen molar-refractivity contribution in [1.82, 2.24) is 9.80 Å². The Hall–Kier alpha value is -1.07. The number of carbonyl (C=O) groups excluding carboxylic acids is 2. The van der Waals surface area contributed by atoms with Crippen molar-refractivity contribution in [3.8, 4) is 0 Å². The lowest BCUT2D eigenvalue weighted by atomic mass is 9.96. The standard InChI is InChI=1S/C14H16BrClN2O2/c1-14(2)13(20)17(3)6-7-18(14)12(19)10-8-9(15)4-5-11(10)16/h4-5,8H,6-7H2,1-3H3. The first-order valence-electron chi connectivity index (χ1n) is 6.27. The molecule has 1 aromatic carbocycles. The molecule has 6 heteroatoms. The van der Waals surface area contributed by atoms with Crippen molar-refractivity contribution in [2.45, 2.75) is 19.4 Å². The highest BCUT2D eigenvalue weighted by Gasteiger charge is 2.43. The first-order valence-corrected chi connectivity index (χ1v) is 7.45. The molecule has 1 aromatic rings. The summed E-state index contributed by atoms with van der Waals surface area (Å²) in [5, 5.41) is 0.389. The lowest BCUT2D eigenvalue weighted by molar-refractivity contribution is -0.144. The van der Waals surface area contributed by atoms with Crippen LogP contribution in [0.1, 0.15) is 24.2 Å². The summed E-state index contributed by atoms with van der Waals surface area (Å²) in [6, 6.07) is 5.13. The normalized spacial score (nSPS) is 18.4. The maximum Gasteiger partial charge on any atom is 0.256 e. The Morgan fingerprint density at radius 2 is 2.00 bits per heavy atom. The van der Waals surface area contributed by atoms with Crippen molar-refractivity contribution in [2.24, 2.45) is 0 Å². The summed E-state index contributed by atoms with van der Waals surface area (Å²) in [6.07, 6.45) is 0. The second kappa shape index (κ2) is 5.37. The van der Waals surface area contributed by atoms with E-state index in [2.05, 4.69) is 15.9 Å². The van der Waals surface area contributed by atoms with Crippen LogP contribution in [-0.4, -0.2) is 47.3 Å². The molecule has 1 aliphatic rings.